The van der Waals surface area contributed by atoms with Gasteiger partial charge < -0.3 is 10.1 Å². The highest BCUT2D eigenvalue weighted by Crippen LogP contribution is 2.46. The number of nitrogens with one attached hydrogen (secondary N) is 1. The van der Waals surface area contributed by atoms with Gasteiger partial charge in [-0.1, -0.05) is 19.1 Å². The summed E-state index contributed by atoms with van der Waals surface area (Å²) in [6.45, 7) is 2.28. The van der Waals surface area contributed by atoms with Crippen LogP contribution in [0, 0.1) is 5.92 Å². The predicted molar refractivity (Wildman–Crippen MR) is 76.1 cm³/mol. The van der Waals surface area contributed by atoms with Gasteiger partial charge in [-0.25, -0.2) is 0 Å². The van der Waals surface area contributed by atoms with E-state index >= 15 is 0 Å². The molecule has 19 heavy (non-hydrogen) atoms. The van der Waals surface area contributed by atoms with Crippen LogP contribution in [0.3, 0.4) is 0 Å². The zero-order valence-corrected chi connectivity index (χ0v) is 11.4. The Balaban J connectivity index is 1.93. The van der Waals surface area contributed by atoms with Gasteiger partial charge >= 0.3 is 0 Å². The third kappa shape index (κ3) is 1.46. The third-order valence-corrected chi connectivity index (χ3v) is 5.21. The van der Waals surface area contributed by atoms with Crippen LogP contribution in [0.25, 0.3) is 10.9 Å². The second-order valence-corrected chi connectivity index (χ2v) is 6.24. The molecule has 1 fully saturated rings. The van der Waals surface area contributed by atoms with Crippen LogP contribution in [-0.2, 0) is 6.42 Å². The largest absolute Gasteiger partial charge is 0.378 e. The first-order valence-corrected chi connectivity index (χ1v) is 7.15. The van der Waals surface area contributed by atoms with E-state index in [1.165, 1.54) is 22.0 Å². The highest BCUT2D eigenvalue weighted by molar-refractivity contribution is 5.88. The molecule has 1 aliphatic heterocycles. The molecule has 2 aliphatic rings. The van der Waals surface area contributed by atoms with Crippen molar-refractivity contribution in [2.45, 2.75) is 38.0 Å². The van der Waals surface area contributed by atoms with Crippen molar-refractivity contribution in [3.8, 4) is 0 Å². The first kappa shape index (κ1) is 11.5. The summed E-state index contributed by atoms with van der Waals surface area (Å²) in [6.07, 6.45) is 3.76. The minimum absolute atomic E-state index is 0.295. The predicted octanol–water partition coefficient (Wildman–Crippen LogP) is 2.47. The quantitative estimate of drug-likeness (QED) is 0.760. The van der Waals surface area contributed by atoms with E-state index in [1.54, 1.807) is 0 Å². The van der Waals surface area contributed by atoms with Crippen molar-refractivity contribution in [3.63, 3.8) is 0 Å². The molecule has 2 N–H and O–H groups in total. The molecule has 0 radical (unpaired) electrons. The van der Waals surface area contributed by atoms with Crippen molar-refractivity contribution in [2.24, 2.45) is 5.92 Å². The van der Waals surface area contributed by atoms with Crippen molar-refractivity contribution in [1.82, 2.24) is 9.88 Å². The van der Waals surface area contributed by atoms with E-state index in [9.17, 15) is 5.11 Å². The minimum Gasteiger partial charge on any atom is -0.378 e. The molecule has 3 nitrogen and oxygen atoms in total. The van der Waals surface area contributed by atoms with Gasteiger partial charge in [0, 0.05) is 29.1 Å². The highest BCUT2D eigenvalue weighted by atomic mass is 16.3. The van der Waals surface area contributed by atoms with E-state index < -0.39 is 0 Å². The van der Waals surface area contributed by atoms with Gasteiger partial charge in [0.2, 0.25) is 0 Å². The summed E-state index contributed by atoms with van der Waals surface area (Å²) >= 11 is 0. The summed E-state index contributed by atoms with van der Waals surface area (Å²) in [5.74, 6) is 1.07. The molecule has 1 saturated heterocycles. The topological polar surface area (TPSA) is 39.3 Å². The summed E-state index contributed by atoms with van der Waals surface area (Å²) in [4.78, 5) is 5.56. The maximum absolute atomic E-state index is 10.2. The van der Waals surface area contributed by atoms with Gasteiger partial charge in [-0.3, -0.25) is 4.90 Å². The molecule has 0 spiro atoms. The Kier molecular flexibility index (Phi) is 2.32. The van der Waals surface area contributed by atoms with Crippen molar-refractivity contribution >= 4 is 10.9 Å². The number of hydrogen-bond acceptors (Lipinski definition) is 2. The van der Waals surface area contributed by atoms with Crippen LogP contribution in [0.1, 0.15) is 30.4 Å². The summed E-state index contributed by atoms with van der Waals surface area (Å²) in [7, 11) is 2.06. The smallest absolute Gasteiger partial charge is 0.107 e. The van der Waals surface area contributed by atoms with Crippen LogP contribution in [-0.4, -0.2) is 34.3 Å². The number of aliphatic hydroxyl groups is 1. The molecule has 100 valence electrons. The lowest BCUT2D eigenvalue weighted by Crippen LogP contribution is -2.52. The van der Waals surface area contributed by atoms with Gasteiger partial charge in [-0.2, -0.15) is 0 Å². The van der Waals surface area contributed by atoms with E-state index in [0.717, 1.165) is 12.8 Å². The van der Waals surface area contributed by atoms with Gasteiger partial charge in [0.15, 0.2) is 0 Å². The fraction of sp³-hybridized carbons (Fsp3) is 0.500. The van der Waals surface area contributed by atoms with Crippen molar-refractivity contribution in [3.05, 3.63) is 35.5 Å². The minimum atomic E-state index is -0.295. The average Bonchev–Trinajstić information content (AvgIpc) is 2.81. The van der Waals surface area contributed by atoms with Crippen molar-refractivity contribution in [2.75, 3.05) is 7.05 Å². The van der Waals surface area contributed by atoms with Gasteiger partial charge in [0.25, 0.3) is 0 Å². The molecular formula is C16H20N2O. The van der Waals surface area contributed by atoms with Crippen LogP contribution in [0.15, 0.2) is 24.4 Å². The summed E-state index contributed by atoms with van der Waals surface area (Å²) in [5.41, 5.74) is 4.13. The SMILES string of the molecule is CC1CC(O)N(C)[C@@H]2Cc3c[nH]c4cccc(c34)[C@@H]12. The Labute approximate surface area is 113 Å². The Morgan fingerprint density at radius 2 is 2.21 bits per heavy atom. The second kappa shape index (κ2) is 3.84. The third-order valence-electron chi connectivity index (χ3n) is 5.21. The Morgan fingerprint density at radius 3 is 3.05 bits per heavy atom. The molecule has 0 amide bonds. The van der Waals surface area contributed by atoms with Crippen LogP contribution in [0.5, 0.6) is 0 Å². The van der Waals surface area contributed by atoms with Crippen LogP contribution in [0.2, 0.25) is 0 Å². The first-order valence-electron chi connectivity index (χ1n) is 7.15. The normalized spacial score (nSPS) is 34.5. The number of piperidine rings is 1. The second-order valence-electron chi connectivity index (χ2n) is 6.24. The Morgan fingerprint density at radius 1 is 1.37 bits per heavy atom. The molecule has 1 aromatic carbocycles. The van der Waals surface area contributed by atoms with Crippen molar-refractivity contribution in [1.29, 1.82) is 0 Å². The lowest BCUT2D eigenvalue weighted by Gasteiger charge is -2.48. The number of hydrogen-bond donors (Lipinski definition) is 2. The number of nitrogens with zero attached hydrogens (tertiary/aromatic N) is 1. The monoisotopic (exact) mass is 256 g/mol. The Hall–Kier alpha value is -1.32. The van der Waals surface area contributed by atoms with E-state index in [0.29, 0.717) is 17.9 Å². The molecular weight excluding hydrogens is 236 g/mol. The lowest BCUT2D eigenvalue weighted by molar-refractivity contribution is -0.0668. The van der Waals surface area contributed by atoms with Gasteiger partial charge in [-0.15, -0.1) is 0 Å². The van der Waals surface area contributed by atoms with Crippen LogP contribution in [0.4, 0.5) is 0 Å². The fourth-order valence-corrected chi connectivity index (χ4v) is 4.23. The van der Waals surface area contributed by atoms with Gasteiger partial charge in [-0.05, 0) is 43.0 Å². The molecule has 2 aromatic rings. The molecule has 4 rings (SSSR count). The number of likely N-dealkylation sites (tertiary alicyclic amines) is 1. The fourth-order valence-electron chi connectivity index (χ4n) is 4.23. The number of fused-ring (bicyclic) bond motifs is 2. The molecule has 3 heteroatoms. The summed E-state index contributed by atoms with van der Waals surface area (Å²) < 4.78 is 0. The number of aromatic nitrogens is 1. The van der Waals surface area contributed by atoms with Gasteiger partial charge in [0.05, 0.1) is 0 Å². The average molecular weight is 256 g/mol. The molecule has 0 bridgehead atoms. The summed E-state index contributed by atoms with van der Waals surface area (Å²) in [5, 5.41) is 11.6. The van der Waals surface area contributed by atoms with Crippen LogP contribution >= 0.6 is 0 Å². The number of benzene rings is 1. The standard InChI is InChI=1S/C16H20N2O/c1-9-6-14(19)18(2)13-7-10-8-17-12-5-3-4-11(15(9)13)16(10)12/h3-5,8-9,13-15,17,19H,6-7H2,1-2H3/t9?,13-,14?,15-/m1/s1. The maximum atomic E-state index is 10.2. The number of rotatable bonds is 0. The zero-order valence-electron chi connectivity index (χ0n) is 11.4. The summed E-state index contributed by atoms with van der Waals surface area (Å²) in [6, 6.07) is 7.01. The van der Waals surface area contributed by atoms with E-state index in [-0.39, 0.29) is 6.23 Å². The number of H-pyrrole nitrogens is 1. The van der Waals surface area contributed by atoms with E-state index in [4.69, 9.17) is 0 Å². The molecule has 1 aromatic heterocycles. The van der Waals surface area contributed by atoms with Crippen LogP contribution < -0.4 is 0 Å². The molecule has 4 atom stereocenters. The van der Waals surface area contributed by atoms with Crippen molar-refractivity contribution < 1.29 is 5.11 Å². The van der Waals surface area contributed by atoms with Gasteiger partial charge in [0.1, 0.15) is 6.23 Å². The highest BCUT2D eigenvalue weighted by Gasteiger charge is 2.42. The molecule has 2 unspecified atom stereocenters. The number of likely N-dealkylation sites (N-methyl/N-ethyl adjacent to an activating group) is 1. The maximum Gasteiger partial charge on any atom is 0.107 e. The van der Waals surface area contributed by atoms with E-state index in [2.05, 4.69) is 48.3 Å². The molecule has 2 heterocycles. The molecule has 0 saturated carbocycles. The Bertz CT molecular complexity index is 633. The first-order chi connectivity index (χ1) is 9.16. The zero-order chi connectivity index (χ0) is 13.1. The number of aromatic amines is 1. The molecule has 1 aliphatic carbocycles. The number of aliphatic hydroxyl groups excluding tert-OH is 1. The van der Waals surface area contributed by atoms with E-state index in [1.807, 2.05) is 0 Å². The lowest BCUT2D eigenvalue weighted by atomic mass is 9.70.